The topological polar surface area (TPSA) is 68.7 Å². The van der Waals surface area contributed by atoms with Crippen molar-refractivity contribution >= 4 is 68.3 Å². The van der Waals surface area contributed by atoms with Gasteiger partial charge in [-0.15, -0.1) is 0 Å². The van der Waals surface area contributed by atoms with E-state index in [1.54, 1.807) is 18.2 Å². The van der Waals surface area contributed by atoms with Crippen LogP contribution in [0.15, 0.2) is 24.3 Å². The molecule has 0 aliphatic rings. The van der Waals surface area contributed by atoms with Crippen LogP contribution in [0.25, 0.3) is 10.9 Å². The minimum absolute atomic E-state index is 0. The Hall–Kier alpha value is -0.664. The number of rotatable bonds is 3. The molecule has 6 heteroatoms. The molecular weight excluding hydrogens is 261 g/mol. The van der Waals surface area contributed by atoms with Gasteiger partial charge < -0.3 is 14.6 Å². The van der Waals surface area contributed by atoms with Crippen LogP contribution in [0.1, 0.15) is 10.4 Å². The van der Waals surface area contributed by atoms with Crippen molar-refractivity contribution in [1.29, 1.82) is 0 Å². The molecule has 5 nitrogen and oxygen atoms in total. The third-order valence-corrected chi connectivity index (χ3v) is 2.42. The van der Waals surface area contributed by atoms with E-state index in [0.29, 0.717) is 16.7 Å². The van der Waals surface area contributed by atoms with Crippen molar-refractivity contribution in [2.45, 2.75) is 0 Å². The molecule has 0 saturated carbocycles. The Morgan fingerprint density at radius 1 is 1.28 bits per heavy atom. The maximum atomic E-state index is 11.1. The summed E-state index contributed by atoms with van der Waals surface area (Å²) in [4.78, 5) is 15.2. The van der Waals surface area contributed by atoms with Gasteiger partial charge in [-0.1, -0.05) is 12.1 Å². The summed E-state index contributed by atoms with van der Waals surface area (Å²) in [5.41, 5.74) is 0.529. The number of hydrogen-bond acceptors (Lipinski definition) is 4. The molecule has 0 fully saturated rings. The van der Waals surface area contributed by atoms with E-state index in [9.17, 15) is 4.79 Å². The van der Waals surface area contributed by atoms with Crippen molar-refractivity contribution in [2.24, 2.45) is 0 Å². The van der Waals surface area contributed by atoms with Crippen LogP contribution in [-0.2, 0) is 0 Å². The molecule has 1 N–H and O–H groups in total. The molecule has 0 aliphatic carbocycles. The number of aromatic carboxylic acids is 1. The molecule has 0 spiro atoms. The monoisotopic (exact) mass is 273 g/mol. The van der Waals surface area contributed by atoms with E-state index < -0.39 is 5.97 Å². The molecule has 90 valence electrons. The van der Waals surface area contributed by atoms with Crippen molar-refractivity contribution in [3.05, 3.63) is 29.8 Å². The van der Waals surface area contributed by atoms with Gasteiger partial charge in [0.15, 0.2) is 5.75 Å². The molecule has 0 saturated heterocycles. The third kappa shape index (κ3) is 2.84. The van der Waals surface area contributed by atoms with Crippen molar-refractivity contribution in [1.82, 2.24) is 4.98 Å². The number of carbonyl (C=O) groups is 1. The van der Waals surface area contributed by atoms with Gasteiger partial charge in [0.25, 0.3) is 5.88 Å². The van der Waals surface area contributed by atoms with Crippen molar-refractivity contribution in [3.8, 4) is 11.6 Å². The Morgan fingerprint density at radius 3 is 2.56 bits per heavy atom. The van der Waals surface area contributed by atoms with Gasteiger partial charge in [0.2, 0.25) is 0 Å². The van der Waals surface area contributed by atoms with Crippen LogP contribution in [-0.4, -0.2) is 81.7 Å². The molecule has 0 radical (unpaired) electrons. The van der Waals surface area contributed by atoms with E-state index >= 15 is 0 Å². The fourth-order valence-corrected chi connectivity index (χ4v) is 1.63. The van der Waals surface area contributed by atoms with Gasteiger partial charge in [0.1, 0.15) is 0 Å². The van der Waals surface area contributed by atoms with E-state index in [2.05, 4.69) is 4.98 Å². The number of ether oxygens (including phenoxy) is 2. The van der Waals surface area contributed by atoms with Gasteiger partial charge in [-0.3, -0.25) is 0 Å². The number of fused-ring (bicyclic) bond motifs is 1. The summed E-state index contributed by atoms with van der Waals surface area (Å²) in [5.74, 6) is -0.272. The first-order valence-electron chi connectivity index (χ1n) is 4.92. The molecular formula is C12H12KNO4. The number of methoxy groups -OCH3 is 2. The average molecular weight is 273 g/mol. The number of carboxylic acids is 1. The summed E-state index contributed by atoms with van der Waals surface area (Å²) in [6.45, 7) is 0. The zero-order valence-corrected chi connectivity index (χ0v) is 9.43. The zero-order chi connectivity index (χ0) is 12.4. The van der Waals surface area contributed by atoms with E-state index in [-0.39, 0.29) is 62.8 Å². The van der Waals surface area contributed by atoms with Crippen molar-refractivity contribution in [2.75, 3.05) is 14.2 Å². The van der Waals surface area contributed by atoms with Crippen molar-refractivity contribution in [3.63, 3.8) is 0 Å². The molecule has 2 rings (SSSR count). The van der Waals surface area contributed by atoms with E-state index in [1.807, 2.05) is 0 Å². The summed E-state index contributed by atoms with van der Waals surface area (Å²) >= 11 is 0. The Morgan fingerprint density at radius 2 is 2.00 bits per heavy atom. The van der Waals surface area contributed by atoms with Gasteiger partial charge in [-0.2, -0.15) is 0 Å². The van der Waals surface area contributed by atoms with Crippen LogP contribution in [0.3, 0.4) is 0 Å². The Kier molecular flexibility index (Phi) is 5.55. The number of benzene rings is 1. The molecule has 1 heterocycles. The number of aromatic nitrogens is 1. The zero-order valence-electron chi connectivity index (χ0n) is 9.43. The van der Waals surface area contributed by atoms with Crippen LogP contribution in [0.4, 0.5) is 0 Å². The Bertz CT molecular complexity index is 586. The maximum absolute atomic E-state index is 11.1. The summed E-state index contributed by atoms with van der Waals surface area (Å²) in [5, 5.41) is 9.76. The average Bonchev–Trinajstić information content (AvgIpc) is 2.35. The summed E-state index contributed by atoms with van der Waals surface area (Å²) in [6, 6.07) is 6.65. The molecule has 0 atom stereocenters. The SMILES string of the molecule is COc1cc2cccc(C(=O)O)c2nc1OC.[KH]. The third-order valence-electron chi connectivity index (χ3n) is 2.42. The van der Waals surface area contributed by atoms with Gasteiger partial charge in [-0.05, 0) is 12.1 Å². The number of pyridine rings is 1. The summed E-state index contributed by atoms with van der Waals surface area (Å²) < 4.78 is 10.2. The van der Waals surface area contributed by atoms with Crippen LogP contribution >= 0.6 is 0 Å². The molecule has 0 bridgehead atoms. The fourth-order valence-electron chi connectivity index (χ4n) is 1.63. The van der Waals surface area contributed by atoms with E-state index in [1.165, 1.54) is 20.3 Å². The second kappa shape index (κ2) is 6.49. The number of hydrogen-bond donors (Lipinski definition) is 1. The number of nitrogens with zero attached hydrogens (tertiary/aromatic N) is 1. The fraction of sp³-hybridized carbons (Fsp3) is 0.167. The quantitative estimate of drug-likeness (QED) is 0.854. The predicted octanol–water partition coefficient (Wildman–Crippen LogP) is 1.30. The first kappa shape index (κ1) is 15.4. The summed E-state index contributed by atoms with van der Waals surface area (Å²) in [6.07, 6.45) is 0. The summed E-state index contributed by atoms with van der Waals surface area (Å²) in [7, 11) is 2.96. The Labute approximate surface area is 147 Å². The second-order valence-corrected chi connectivity index (χ2v) is 3.38. The van der Waals surface area contributed by atoms with Gasteiger partial charge in [-0.25, -0.2) is 9.78 Å². The van der Waals surface area contributed by atoms with E-state index in [0.717, 1.165) is 0 Å². The van der Waals surface area contributed by atoms with Crippen LogP contribution in [0, 0.1) is 0 Å². The van der Waals surface area contributed by atoms with Crippen LogP contribution < -0.4 is 9.47 Å². The molecule has 18 heavy (non-hydrogen) atoms. The molecule has 1 aromatic heterocycles. The first-order valence-corrected chi connectivity index (χ1v) is 4.92. The van der Waals surface area contributed by atoms with Gasteiger partial charge in [0.05, 0.1) is 25.3 Å². The number of carboxylic acid groups (broad SMARTS) is 1. The second-order valence-electron chi connectivity index (χ2n) is 3.38. The molecule has 0 amide bonds. The number of para-hydroxylation sites is 1. The van der Waals surface area contributed by atoms with Gasteiger partial charge >= 0.3 is 57.4 Å². The van der Waals surface area contributed by atoms with Crippen LogP contribution in [0.5, 0.6) is 11.6 Å². The molecule has 0 unspecified atom stereocenters. The normalized spacial score (nSPS) is 9.67. The van der Waals surface area contributed by atoms with Crippen molar-refractivity contribution < 1.29 is 19.4 Å². The predicted molar refractivity (Wildman–Crippen MR) is 69.0 cm³/mol. The first-order chi connectivity index (χ1) is 8.17. The molecule has 0 aliphatic heterocycles. The van der Waals surface area contributed by atoms with Crippen LogP contribution in [0.2, 0.25) is 0 Å². The van der Waals surface area contributed by atoms with E-state index in [4.69, 9.17) is 14.6 Å². The minimum atomic E-state index is -1.02. The Balaban J connectivity index is 0.00000162. The molecule has 1 aromatic carbocycles. The molecule has 2 aromatic rings. The standard InChI is InChI=1S/C12H11NO4.K.H/c1-16-9-6-7-4-3-5-8(12(14)15)10(7)13-11(9)17-2;;/h3-6H,1-2H3,(H,14,15);;. The van der Waals surface area contributed by atoms with Gasteiger partial charge in [0, 0.05) is 5.39 Å².